The van der Waals surface area contributed by atoms with Crippen molar-refractivity contribution in [1.29, 1.82) is 0 Å². The summed E-state index contributed by atoms with van der Waals surface area (Å²) in [6, 6.07) is 8.05. The van der Waals surface area contributed by atoms with Gasteiger partial charge < -0.3 is 18.7 Å². The molecule has 7 nitrogen and oxygen atoms in total. The Bertz CT molecular complexity index is 596. The molecule has 23 heavy (non-hydrogen) atoms. The van der Waals surface area contributed by atoms with Crippen LogP contribution in [-0.2, 0) is 25.2 Å². The molecule has 2 rings (SSSR count). The number of carbonyl (C=O) groups is 2. The number of hydrogen-bond acceptors (Lipinski definition) is 6. The fourth-order valence-corrected chi connectivity index (χ4v) is 3.13. The third-order valence-corrected chi connectivity index (χ3v) is 4.81. The zero-order valence-corrected chi connectivity index (χ0v) is 14.0. The molecule has 9 heteroatoms. The van der Waals surface area contributed by atoms with E-state index in [-0.39, 0.29) is 38.4 Å². The van der Waals surface area contributed by atoms with E-state index in [0.717, 1.165) is 17.6 Å². The number of rotatable bonds is 5. The molecule has 120 valence electrons. The molecular weight excluding hydrogens is 316 g/mol. The van der Waals surface area contributed by atoms with Crippen LogP contribution in [0.1, 0.15) is 18.4 Å². The topological polar surface area (TPSA) is 96.0 Å². The Morgan fingerprint density at radius 1 is 1.35 bits per heavy atom. The molecule has 1 aromatic carbocycles. The Labute approximate surface area is 146 Å². The molecular formula is C14H17LiNO6P. The van der Waals surface area contributed by atoms with E-state index in [1.54, 1.807) is 12.1 Å². The number of hydrogen-bond donors (Lipinski definition) is 0. The van der Waals surface area contributed by atoms with E-state index in [9.17, 15) is 19.0 Å². The molecule has 0 radical (unpaired) electrons. The molecule has 1 aliphatic rings. The van der Waals surface area contributed by atoms with Crippen LogP contribution in [0.4, 0.5) is 4.79 Å². The normalized spacial score (nSPS) is 19.6. The SMILES string of the molecule is COP(=O)([O-])C(=O)[C@@H]1CCCN1C(=O)OCc1ccccc1.[Li+]. The Morgan fingerprint density at radius 3 is 2.61 bits per heavy atom. The molecule has 0 spiro atoms. The Morgan fingerprint density at radius 2 is 2.00 bits per heavy atom. The predicted molar refractivity (Wildman–Crippen MR) is 76.0 cm³/mol. The first-order valence-corrected chi connectivity index (χ1v) is 8.38. The monoisotopic (exact) mass is 333 g/mol. The summed E-state index contributed by atoms with van der Waals surface area (Å²) in [7, 11) is -3.68. The van der Waals surface area contributed by atoms with Crippen LogP contribution in [0.5, 0.6) is 0 Å². The molecule has 1 aromatic rings. The quantitative estimate of drug-likeness (QED) is 0.482. The van der Waals surface area contributed by atoms with E-state index in [1.165, 1.54) is 0 Å². The molecule has 1 amide bonds. The Balaban J connectivity index is 0.00000264. The summed E-state index contributed by atoms with van der Waals surface area (Å²) < 4.78 is 20.9. The van der Waals surface area contributed by atoms with E-state index in [0.29, 0.717) is 6.42 Å². The van der Waals surface area contributed by atoms with Crippen LogP contribution < -0.4 is 23.8 Å². The van der Waals surface area contributed by atoms with Crippen LogP contribution in [0, 0.1) is 0 Å². The Kier molecular flexibility index (Phi) is 7.52. The van der Waals surface area contributed by atoms with Gasteiger partial charge in [-0.15, -0.1) is 0 Å². The van der Waals surface area contributed by atoms with Gasteiger partial charge in [0.05, 0.1) is 0 Å². The number of nitrogens with zero attached hydrogens (tertiary/aromatic N) is 1. The second-order valence-electron chi connectivity index (χ2n) is 4.91. The summed E-state index contributed by atoms with van der Waals surface area (Å²) in [5, 5.41) is 0. The molecule has 0 N–H and O–H groups in total. The van der Waals surface area contributed by atoms with Crippen LogP contribution in [0.15, 0.2) is 30.3 Å². The minimum atomic E-state index is -4.61. The molecule has 1 saturated heterocycles. The van der Waals surface area contributed by atoms with E-state index in [4.69, 9.17) is 4.74 Å². The maximum atomic E-state index is 12.1. The molecule has 0 saturated carbocycles. The van der Waals surface area contributed by atoms with Gasteiger partial charge in [-0.3, -0.25) is 9.69 Å². The maximum absolute atomic E-state index is 12.1. The van der Waals surface area contributed by atoms with Crippen molar-refractivity contribution in [2.24, 2.45) is 0 Å². The fourth-order valence-electron chi connectivity index (χ4n) is 2.32. The van der Waals surface area contributed by atoms with Crippen molar-refractivity contribution in [1.82, 2.24) is 4.90 Å². The van der Waals surface area contributed by atoms with Gasteiger partial charge in [0.25, 0.3) is 0 Å². The minimum Gasteiger partial charge on any atom is -0.773 e. The van der Waals surface area contributed by atoms with Gasteiger partial charge in [0.1, 0.15) is 12.6 Å². The van der Waals surface area contributed by atoms with E-state index in [1.807, 2.05) is 18.2 Å². The largest absolute Gasteiger partial charge is 1.00 e. The number of benzene rings is 1. The van der Waals surface area contributed by atoms with Crippen LogP contribution in [-0.4, -0.2) is 36.2 Å². The summed E-state index contributed by atoms with van der Waals surface area (Å²) in [4.78, 5) is 36.7. The molecule has 0 aliphatic carbocycles. The van der Waals surface area contributed by atoms with Crippen molar-refractivity contribution in [3.05, 3.63) is 35.9 Å². The summed E-state index contributed by atoms with van der Waals surface area (Å²) in [5.74, 6) is 0. The first kappa shape index (κ1) is 20.0. The fraction of sp³-hybridized carbons (Fsp3) is 0.429. The minimum absolute atomic E-state index is 0. The number of likely N-dealkylation sites (tertiary alicyclic amines) is 1. The van der Waals surface area contributed by atoms with Crippen molar-refractivity contribution < 1.29 is 47.2 Å². The summed E-state index contributed by atoms with van der Waals surface area (Å²) in [5.41, 5.74) is -0.270. The zero-order chi connectivity index (χ0) is 16.2. The van der Waals surface area contributed by atoms with Crippen LogP contribution in [0.2, 0.25) is 0 Å². The molecule has 2 atom stereocenters. The molecule has 1 heterocycles. The van der Waals surface area contributed by atoms with Gasteiger partial charge in [-0.25, -0.2) is 4.79 Å². The second kappa shape index (κ2) is 8.67. The van der Waals surface area contributed by atoms with Gasteiger partial charge in [0.2, 0.25) is 13.1 Å². The van der Waals surface area contributed by atoms with Gasteiger partial charge in [0, 0.05) is 13.7 Å². The Hall–Kier alpha value is -1.09. The van der Waals surface area contributed by atoms with Gasteiger partial charge in [-0.2, -0.15) is 0 Å². The first-order valence-electron chi connectivity index (χ1n) is 6.84. The van der Waals surface area contributed by atoms with Crippen LogP contribution in [0.3, 0.4) is 0 Å². The number of carbonyl (C=O) groups excluding carboxylic acids is 2. The number of ether oxygens (including phenoxy) is 1. The molecule has 0 bridgehead atoms. The molecule has 1 unspecified atom stereocenters. The third-order valence-electron chi connectivity index (χ3n) is 3.49. The van der Waals surface area contributed by atoms with Crippen molar-refractivity contribution >= 4 is 19.2 Å². The van der Waals surface area contributed by atoms with Crippen LogP contribution in [0.25, 0.3) is 0 Å². The molecule has 0 aromatic heterocycles. The average molecular weight is 333 g/mol. The van der Waals surface area contributed by atoms with E-state index < -0.39 is 25.3 Å². The van der Waals surface area contributed by atoms with Crippen LogP contribution >= 0.6 is 7.60 Å². The van der Waals surface area contributed by atoms with Gasteiger partial charge in [-0.1, -0.05) is 30.3 Å². The maximum Gasteiger partial charge on any atom is 1.00 e. The summed E-state index contributed by atoms with van der Waals surface area (Å²) in [6.45, 7) is 0.351. The van der Waals surface area contributed by atoms with Crippen molar-refractivity contribution in [3.8, 4) is 0 Å². The standard InChI is InChI=1S/C14H18NO6P.Li/c1-20-22(18,19)13(16)12-8-5-9-15(12)14(17)21-10-11-6-3-2-4-7-11;/h2-4,6-7,12H,5,8-10H2,1H3,(H,18,19);/q;+1/p-1/t12-;/m0./s1. The third kappa shape index (κ3) is 4.94. The van der Waals surface area contributed by atoms with Crippen molar-refractivity contribution in [2.75, 3.05) is 13.7 Å². The van der Waals surface area contributed by atoms with Crippen molar-refractivity contribution in [2.45, 2.75) is 25.5 Å². The molecule has 1 fully saturated rings. The summed E-state index contributed by atoms with van der Waals surface area (Å²) in [6.07, 6.45) is 0.130. The first-order chi connectivity index (χ1) is 10.5. The van der Waals surface area contributed by atoms with Crippen molar-refractivity contribution in [3.63, 3.8) is 0 Å². The van der Waals surface area contributed by atoms with E-state index in [2.05, 4.69) is 4.52 Å². The molecule has 1 aliphatic heterocycles. The predicted octanol–water partition coefficient (Wildman–Crippen LogP) is -1.48. The van der Waals surface area contributed by atoms with Gasteiger partial charge in [0.15, 0.2) is 0 Å². The summed E-state index contributed by atoms with van der Waals surface area (Å²) >= 11 is 0. The van der Waals surface area contributed by atoms with Gasteiger partial charge in [-0.05, 0) is 18.4 Å². The average Bonchev–Trinajstić information content (AvgIpc) is 3.02. The number of amides is 1. The van der Waals surface area contributed by atoms with Gasteiger partial charge >= 0.3 is 25.0 Å². The zero-order valence-electron chi connectivity index (χ0n) is 13.1. The van der Waals surface area contributed by atoms with E-state index >= 15 is 0 Å². The second-order valence-corrected chi connectivity index (χ2v) is 6.71. The smallest absolute Gasteiger partial charge is 0.773 e.